The van der Waals surface area contributed by atoms with E-state index < -0.39 is 0 Å². The van der Waals surface area contributed by atoms with Crippen LogP contribution in [-0.2, 0) is 0 Å². The first-order valence-corrected chi connectivity index (χ1v) is 8.81. The minimum atomic E-state index is 0.00824. The van der Waals surface area contributed by atoms with Crippen LogP contribution in [0.5, 0.6) is 0 Å². The fourth-order valence-electron chi connectivity index (χ4n) is 3.60. The van der Waals surface area contributed by atoms with E-state index in [1.165, 1.54) is 25.7 Å². The third kappa shape index (κ3) is 3.27. The molecule has 0 atom stereocenters. The monoisotopic (exact) mass is 315 g/mol. The van der Waals surface area contributed by atoms with Crippen molar-refractivity contribution in [2.75, 3.05) is 49.5 Å². The molecule has 1 aliphatic carbocycles. The van der Waals surface area contributed by atoms with Crippen molar-refractivity contribution in [3.8, 4) is 0 Å². The number of hydrogen-bond acceptors (Lipinski definition) is 4. The van der Waals surface area contributed by atoms with E-state index in [1.807, 2.05) is 17.0 Å². The Morgan fingerprint density at radius 2 is 1.83 bits per heavy atom. The zero-order chi connectivity index (χ0) is 15.6. The topological polar surface area (TPSA) is 51.7 Å². The summed E-state index contributed by atoms with van der Waals surface area (Å²) in [4.78, 5) is 23.8. The second-order valence-corrected chi connectivity index (χ2v) is 6.75. The minimum absolute atomic E-state index is 0.00824. The number of pyridine rings is 1. The normalized spacial score (nSPS) is 22.4. The van der Waals surface area contributed by atoms with Gasteiger partial charge in [-0.25, -0.2) is 9.78 Å². The molecule has 2 amide bonds. The molecular weight excluding hydrogens is 290 g/mol. The number of piperazine rings is 1. The smallest absolute Gasteiger partial charge is 0.322 e. The quantitative estimate of drug-likeness (QED) is 0.927. The summed E-state index contributed by atoms with van der Waals surface area (Å²) in [5.41, 5.74) is 0.837. The lowest BCUT2D eigenvalue weighted by atomic mass is 10.3. The number of rotatable bonds is 3. The third-order valence-corrected chi connectivity index (χ3v) is 5.10. The van der Waals surface area contributed by atoms with Gasteiger partial charge in [-0.15, -0.1) is 0 Å². The number of anilines is 2. The fourth-order valence-corrected chi connectivity index (χ4v) is 3.60. The van der Waals surface area contributed by atoms with E-state index in [1.54, 1.807) is 6.20 Å². The Kier molecular flexibility index (Phi) is 4.08. The van der Waals surface area contributed by atoms with Crippen LogP contribution in [0.1, 0.15) is 25.7 Å². The lowest BCUT2D eigenvalue weighted by molar-refractivity contribution is 0.142. The van der Waals surface area contributed by atoms with Crippen LogP contribution < -0.4 is 10.2 Å². The predicted octanol–water partition coefficient (Wildman–Crippen LogP) is 1.99. The Morgan fingerprint density at radius 3 is 2.52 bits per heavy atom. The highest BCUT2D eigenvalue weighted by molar-refractivity contribution is 5.92. The number of nitrogens with one attached hydrogen (secondary N) is 1. The molecule has 0 unspecified atom stereocenters. The summed E-state index contributed by atoms with van der Waals surface area (Å²) >= 11 is 0. The van der Waals surface area contributed by atoms with Crippen molar-refractivity contribution >= 4 is 17.5 Å². The lowest BCUT2D eigenvalue weighted by Gasteiger charge is -2.35. The van der Waals surface area contributed by atoms with Gasteiger partial charge in [0.25, 0.3) is 0 Å². The first kappa shape index (κ1) is 14.8. The van der Waals surface area contributed by atoms with Gasteiger partial charge in [-0.05, 0) is 37.8 Å². The number of aromatic nitrogens is 1. The molecule has 3 fully saturated rings. The Hall–Kier alpha value is -1.82. The molecule has 0 radical (unpaired) electrons. The van der Waals surface area contributed by atoms with Gasteiger partial charge in [0.1, 0.15) is 0 Å². The lowest BCUT2D eigenvalue weighted by Crippen LogP contribution is -2.50. The highest BCUT2D eigenvalue weighted by atomic mass is 16.2. The molecule has 2 saturated heterocycles. The SMILES string of the molecule is O=C(Nc1cccnc1N1CCCC1)N1CCN(C2CC2)CC1. The Bertz CT molecular complexity index is 560. The van der Waals surface area contributed by atoms with E-state index in [9.17, 15) is 4.79 Å². The molecule has 2 aliphatic heterocycles. The highest BCUT2D eigenvalue weighted by Gasteiger charge is 2.32. The average Bonchev–Trinajstić information content (AvgIpc) is 3.30. The first-order chi connectivity index (χ1) is 11.3. The van der Waals surface area contributed by atoms with Crippen molar-refractivity contribution in [2.24, 2.45) is 0 Å². The van der Waals surface area contributed by atoms with Gasteiger partial charge in [0.15, 0.2) is 5.82 Å². The van der Waals surface area contributed by atoms with Crippen molar-refractivity contribution in [1.29, 1.82) is 0 Å². The summed E-state index contributed by atoms with van der Waals surface area (Å²) in [6.45, 7) is 5.71. The van der Waals surface area contributed by atoms with Gasteiger partial charge in [-0.1, -0.05) is 0 Å². The summed E-state index contributed by atoms with van der Waals surface area (Å²) in [6, 6.07) is 4.65. The molecule has 3 aliphatic rings. The molecule has 23 heavy (non-hydrogen) atoms. The van der Waals surface area contributed by atoms with Crippen molar-refractivity contribution in [2.45, 2.75) is 31.7 Å². The van der Waals surface area contributed by atoms with Gasteiger partial charge < -0.3 is 15.1 Å². The third-order valence-electron chi connectivity index (χ3n) is 5.10. The Morgan fingerprint density at radius 1 is 1.09 bits per heavy atom. The van der Waals surface area contributed by atoms with Crippen LogP contribution in [0.25, 0.3) is 0 Å². The molecule has 0 spiro atoms. The molecule has 1 saturated carbocycles. The highest BCUT2D eigenvalue weighted by Crippen LogP contribution is 2.28. The van der Waals surface area contributed by atoms with Gasteiger partial charge in [0, 0.05) is 51.5 Å². The number of amides is 2. The van der Waals surface area contributed by atoms with E-state index in [0.717, 1.165) is 56.8 Å². The second-order valence-electron chi connectivity index (χ2n) is 6.75. The van der Waals surface area contributed by atoms with E-state index >= 15 is 0 Å². The molecular formula is C17H25N5O. The van der Waals surface area contributed by atoms with Gasteiger partial charge in [0.2, 0.25) is 0 Å². The fraction of sp³-hybridized carbons (Fsp3) is 0.647. The molecule has 6 heteroatoms. The molecule has 124 valence electrons. The van der Waals surface area contributed by atoms with Gasteiger partial charge >= 0.3 is 6.03 Å². The summed E-state index contributed by atoms with van der Waals surface area (Å²) in [5, 5.41) is 3.08. The number of urea groups is 1. The Balaban J connectivity index is 1.38. The summed E-state index contributed by atoms with van der Waals surface area (Å²) in [5.74, 6) is 0.912. The predicted molar refractivity (Wildman–Crippen MR) is 90.9 cm³/mol. The van der Waals surface area contributed by atoms with Gasteiger partial charge in [0.05, 0.1) is 5.69 Å². The van der Waals surface area contributed by atoms with Crippen molar-refractivity contribution in [3.63, 3.8) is 0 Å². The van der Waals surface area contributed by atoms with E-state index in [0.29, 0.717) is 0 Å². The molecule has 3 heterocycles. The van der Waals surface area contributed by atoms with Crippen LogP contribution in [0.4, 0.5) is 16.3 Å². The minimum Gasteiger partial charge on any atom is -0.355 e. The van der Waals surface area contributed by atoms with E-state index in [2.05, 4.69) is 20.1 Å². The summed E-state index contributed by atoms with van der Waals surface area (Å²) in [7, 11) is 0. The summed E-state index contributed by atoms with van der Waals surface area (Å²) < 4.78 is 0. The molecule has 0 aromatic carbocycles. The number of carbonyl (C=O) groups is 1. The number of nitrogens with zero attached hydrogens (tertiary/aromatic N) is 4. The maximum Gasteiger partial charge on any atom is 0.322 e. The van der Waals surface area contributed by atoms with E-state index in [4.69, 9.17) is 0 Å². The maximum atomic E-state index is 12.6. The number of hydrogen-bond donors (Lipinski definition) is 1. The van der Waals surface area contributed by atoms with Crippen LogP contribution in [0, 0.1) is 0 Å². The van der Waals surface area contributed by atoms with Crippen molar-refractivity contribution < 1.29 is 4.79 Å². The zero-order valence-electron chi connectivity index (χ0n) is 13.6. The van der Waals surface area contributed by atoms with Gasteiger partial charge in [-0.3, -0.25) is 4.90 Å². The molecule has 1 aromatic rings. The van der Waals surface area contributed by atoms with Gasteiger partial charge in [-0.2, -0.15) is 0 Å². The van der Waals surface area contributed by atoms with Crippen LogP contribution >= 0.6 is 0 Å². The molecule has 6 nitrogen and oxygen atoms in total. The zero-order valence-corrected chi connectivity index (χ0v) is 13.6. The van der Waals surface area contributed by atoms with Crippen molar-refractivity contribution in [3.05, 3.63) is 18.3 Å². The molecule has 1 aromatic heterocycles. The number of carbonyl (C=O) groups excluding carboxylic acids is 1. The Labute approximate surface area is 137 Å². The van der Waals surface area contributed by atoms with E-state index in [-0.39, 0.29) is 6.03 Å². The van der Waals surface area contributed by atoms with Crippen LogP contribution in [0.3, 0.4) is 0 Å². The average molecular weight is 315 g/mol. The second kappa shape index (κ2) is 6.35. The van der Waals surface area contributed by atoms with Crippen LogP contribution in [-0.4, -0.2) is 66.1 Å². The largest absolute Gasteiger partial charge is 0.355 e. The van der Waals surface area contributed by atoms with Crippen LogP contribution in [0.15, 0.2) is 18.3 Å². The molecule has 1 N–H and O–H groups in total. The summed E-state index contributed by atoms with van der Waals surface area (Å²) in [6.07, 6.45) is 6.88. The standard InChI is InChI=1S/C17H25N5O/c23-17(22-12-10-20(11-13-22)14-5-6-14)19-15-4-3-7-18-16(15)21-8-1-2-9-21/h3-4,7,14H,1-2,5-6,8-13H2,(H,19,23). The van der Waals surface area contributed by atoms with Crippen molar-refractivity contribution in [1.82, 2.24) is 14.8 Å². The first-order valence-electron chi connectivity index (χ1n) is 8.81. The molecule has 4 rings (SSSR count). The maximum absolute atomic E-state index is 12.6. The molecule has 0 bridgehead atoms. The van der Waals surface area contributed by atoms with Crippen LogP contribution in [0.2, 0.25) is 0 Å².